The Morgan fingerprint density at radius 1 is 1.08 bits per heavy atom. The molecule has 2 aromatic carbocycles. The van der Waals surface area contributed by atoms with Crippen molar-refractivity contribution < 1.29 is 22.7 Å². The quantitative estimate of drug-likeness (QED) is 0.598. The van der Waals surface area contributed by atoms with Gasteiger partial charge in [-0.1, -0.05) is 0 Å². The van der Waals surface area contributed by atoms with Gasteiger partial charge in [-0.15, -0.1) is 0 Å². The predicted octanol–water partition coefficient (Wildman–Crippen LogP) is 2.04. The molecule has 0 spiro atoms. The van der Waals surface area contributed by atoms with Crippen molar-refractivity contribution in [2.45, 2.75) is 4.90 Å². The average Bonchev–Trinajstić information content (AvgIpc) is 2.61. The zero-order valence-corrected chi connectivity index (χ0v) is 14.7. The molecule has 8 heteroatoms. The molecule has 130 valence electrons. The fourth-order valence-electron chi connectivity index (χ4n) is 1.95. The Kier molecular flexibility index (Phi) is 5.41. The van der Waals surface area contributed by atoms with Gasteiger partial charge in [-0.2, -0.15) is 5.26 Å². The lowest BCUT2D eigenvalue weighted by Gasteiger charge is -2.12. The van der Waals surface area contributed by atoms with E-state index in [9.17, 15) is 13.2 Å². The number of ether oxygens (including phenoxy) is 2. The van der Waals surface area contributed by atoms with Crippen molar-refractivity contribution in [1.82, 2.24) is 4.31 Å². The molecule has 25 heavy (non-hydrogen) atoms. The molecule has 2 rings (SSSR count). The molecule has 7 nitrogen and oxygen atoms in total. The molecule has 0 aromatic heterocycles. The summed E-state index contributed by atoms with van der Waals surface area (Å²) in [5.74, 6) is -0.257. The van der Waals surface area contributed by atoms with Gasteiger partial charge in [0.05, 0.1) is 29.2 Å². The molecule has 0 fully saturated rings. The van der Waals surface area contributed by atoms with Crippen LogP contribution in [0.1, 0.15) is 15.9 Å². The number of esters is 1. The second-order valence-corrected chi connectivity index (χ2v) is 7.33. The van der Waals surface area contributed by atoms with Crippen LogP contribution in [-0.4, -0.2) is 39.9 Å². The van der Waals surface area contributed by atoms with E-state index in [1.54, 1.807) is 0 Å². The van der Waals surface area contributed by atoms with Gasteiger partial charge in [-0.05, 0) is 36.4 Å². The van der Waals surface area contributed by atoms with Crippen molar-refractivity contribution in [3.05, 3.63) is 53.6 Å². The monoisotopic (exact) mass is 360 g/mol. The Labute approximate surface area is 146 Å². The number of hydrogen-bond donors (Lipinski definition) is 0. The molecule has 0 unspecified atom stereocenters. The van der Waals surface area contributed by atoms with Gasteiger partial charge in [0.1, 0.15) is 0 Å². The summed E-state index contributed by atoms with van der Waals surface area (Å²) in [5.41, 5.74) is 0.555. The summed E-state index contributed by atoms with van der Waals surface area (Å²) in [4.78, 5) is 12.3. The number of methoxy groups -OCH3 is 1. The van der Waals surface area contributed by atoms with Crippen LogP contribution in [0.2, 0.25) is 0 Å². The van der Waals surface area contributed by atoms with Crippen LogP contribution >= 0.6 is 0 Å². The van der Waals surface area contributed by atoms with Crippen molar-refractivity contribution in [1.29, 1.82) is 5.26 Å². The van der Waals surface area contributed by atoms with Crippen molar-refractivity contribution in [3.63, 3.8) is 0 Å². The van der Waals surface area contributed by atoms with Crippen LogP contribution in [-0.2, 0) is 10.0 Å². The van der Waals surface area contributed by atoms with Gasteiger partial charge >= 0.3 is 5.97 Å². The molecule has 0 aliphatic heterocycles. The molecule has 0 bridgehead atoms. The fraction of sp³-hybridized carbons (Fsp3) is 0.176. The number of nitriles is 1. The molecule has 0 heterocycles. The first kappa shape index (κ1) is 18.4. The van der Waals surface area contributed by atoms with E-state index in [0.717, 1.165) is 4.31 Å². The maximum Gasteiger partial charge on any atom is 0.343 e. The highest BCUT2D eigenvalue weighted by Gasteiger charge is 2.18. The fourth-order valence-corrected chi connectivity index (χ4v) is 2.86. The summed E-state index contributed by atoms with van der Waals surface area (Å²) in [6, 6.07) is 11.8. The van der Waals surface area contributed by atoms with Crippen molar-refractivity contribution >= 4 is 16.0 Å². The second kappa shape index (κ2) is 7.34. The first-order chi connectivity index (χ1) is 11.8. The Morgan fingerprint density at radius 3 is 2.24 bits per heavy atom. The number of rotatable bonds is 5. The molecular weight excluding hydrogens is 344 g/mol. The van der Waals surface area contributed by atoms with E-state index in [4.69, 9.17) is 14.7 Å². The number of sulfonamides is 1. The van der Waals surface area contributed by atoms with Crippen molar-refractivity contribution in [2.75, 3.05) is 21.2 Å². The van der Waals surface area contributed by atoms with Gasteiger partial charge in [0.15, 0.2) is 11.5 Å². The standard InChI is InChI=1S/C17H16N2O5S/c1-19(2)25(21,22)14-7-5-13(6-8-14)17(20)24-15-9-4-12(11-18)10-16(15)23-3/h4-10H,1-3H3. The predicted molar refractivity (Wildman–Crippen MR) is 90.0 cm³/mol. The number of benzene rings is 2. The summed E-state index contributed by atoms with van der Waals surface area (Å²) in [5, 5.41) is 8.87. The smallest absolute Gasteiger partial charge is 0.343 e. The van der Waals surface area contributed by atoms with Gasteiger partial charge in [0.2, 0.25) is 10.0 Å². The first-order valence-corrected chi connectivity index (χ1v) is 8.56. The molecule has 0 saturated heterocycles. The first-order valence-electron chi connectivity index (χ1n) is 7.12. The maximum atomic E-state index is 12.2. The molecule has 0 amide bonds. The third-order valence-electron chi connectivity index (χ3n) is 3.36. The Balaban J connectivity index is 2.24. The van der Waals surface area contributed by atoms with E-state index in [2.05, 4.69) is 0 Å². The topological polar surface area (TPSA) is 96.7 Å². The third-order valence-corrected chi connectivity index (χ3v) is 5.19. The Bertz CT molecular complexity index is 929. The van der Waals surface area contributed by atoms with Crippen LogP contribution < -0.4 is 9.47 Å². The van der Waals surface area contributed by atoms with E-state index in [1.807, 2.05) is 6.07 Å². The van der Waals surface area contributed by atoms with Crippen LogP contribution in [0.3, 0.4) is 0 Å². The van der Waals surface area contributed by atoms with Crippen LogP contribution in [0.25, 0.3) is 0 Å². The van der Waals surface area contributed by atoms with Gasteiger partial charge in [0.25, 0.3) is 0 Å². The average molecular weight is 360 g/mol. The van der Waals surface area contributed by atoms with Crippen LogP contribution in [0.15, 0.2) is 47.4 Å². The summed E-state index contributed by atoms with van der Waals surface area (Å²) >= 11 is 0. The molecule has 2 aromatic rings. The lowest BCUT2D eigenvalue weighted by atomic mass is 10.2. The molecule has 0 N–H and O–H groups in total. The molecule has 0 radical (unpaired) electrons. The Hall–Kier alpha value is -2.89. The third kappa shape index (κ3) is 3.96. The minimum atomic E-state index is -3.57. The Morgan fingerprint density at radius 2 is 1.72 bits per heavy atom. The highest BCUT2D eigenvalue weighted by atomic mass is 32.2. The lowest BCUT2D eigenvalue weighted by molar-refractivity contribution is 0.0729. The van der Waals surface area contributed by atoms with Crippen LogP contribution in [0, 0.1) is 11.3 Å². The minimum Gasteiger partial charge on any atom is -0.493 e. The highest BCUT2D eigenvalue weighted by molar-refractivity contribution is 7.89. The number of carbonyl (C=O) groups excluding carboxylic acids is 1. The lowest BCUT2D eigenvalue weighted by Crippen LogP contribution is -2.22. The summed E-state index contributed by atoms with van der Waals surface area (Å²) in [6.07, 6.45) is 0. The number of nitrogens with zero attached hydrogens (tertiary/aromatic N) is 2. The molecular formula is C17H16N2O5S. The normalized spacial score (nSPS) is 11.0. The summed E-state index contributed by atoms with van der Waals surface area (Å²) < 4.78 is 35.5. The van der Waals surface area contributed by atoms with E-state index in [0.29, 0.717) is 5.56 Å². The molecule has 0 aliphatic carbocycles. The SMILES string of the molecule is COc1cc(C#N)ccc1OC(=O)c1ccc(S(=O)(=O)N(C)C)cc1. The van der Waals surface area contributed by atoms with Gasteiger partial charge in [-0.25, -0.2) is 17.5 Å². The van der Waals surface area contributed by atoms with Gasteiger partial charge in [-0.3, -0.25) is 0 Å². The van der Waals surface area contributed by atoms with Gasteiger partial charge < -0.3 is 9.47 Å². The largest absolute Gasteiger partial charge is 0.493 e. The van der Waals surface area contributed by atoms with Crippen LogP contribution in [0.4, 0.5) is 0 Å². The van der Waals surface area contributed by atoms with Crippen molar-refractivity contribution in [3.8, 4) is 17.6 Å². The molecule has 0 atom stereocenters. The number of hydrogen-bond acceptors (Lipinski definition) is 6. The summed E-state index contributed by atoms with van der Waals surface area (Å²) in [6.45, 7) is 0. The zero-order chi connectivity index (χ0) is 18.6. The van der Waals surface area contributed by atoms with E-state index >= 15 is 0 Å². The molecule has 0 saturated carbocycles. The highest BCUT2D eigenvalue weighted by Crippen LogP contribution is 2.28. The van der Waals surface area contributed by atoms with Crippen molar-refractivity contribution in [2.24, 2.45) is 0 Å². The summed E-state index contributed by atoms with van der Waals surface area (Å²) in [7, 11) is 0.682. The maximum absolute atomic E-state index is 12.2. The van der Waals surface area contributed by atoms with E-state index in [-0.39, 0.29) is 22.0 Å². The van der Waals surface area contributed by atoms with Crippen LogP contribution in [0.5, 0.6) is 11.5 Å². The minimum absolute atomic E-state index is 0.0741. The number of carbonyl (C=O) groups is 1. The van der Waals surface area contributed by atoms with E-state index < -0.39 is 16.0 Å². The molecule has 0 aliphatic rings. The van der Waals surface area contributed by atoms with E-state index in [1.165, 1.54) is 63.7 Å². The van der Waals surface area contributed by atoms with Gasteiger partial charge in [0, 0.05) is 20.2 Å². The second-order valence-electron chi connectivity index (χ2n) is 5.18. The zero-order valence-electron chi connectivity index (χ0n) is 13.9.